The quantitative estimate of drug-likeness (QED) is 0.0811. The summed E-state index contributed by atoms with van der Waals surface area (Å²) in [7, 11) is -4.67. The van der Waals surface area contributed by atoms with E-state index in [0.29, 0.717) is 6.61 Å². The lowest BCUT2D eigenvalue weighted by Gasteiger charge is -2.38. The Morgan fingerprint density at radius 3 is 1.32 bits per heavy atom. The number of allylic oxidation sites excluding steroid dienone is 9. The molecule has 0 N–H and O–H groups in total. The van der Waals surface area contributed by atoms with Crippen LogP contribution in [0.25, 0.3) is 0 Å². The molecule has 5 heteroatoms. The standard InChI is InChI=1S/C45H58OSSi3/c1-48(2,42-16-7-8-17-42)33-13-30-45(31-14-34-49(3,4)43-18-9-10-19-43,32-15-35-50(5,6)44-20-11-12-21-44)40-26-28-41(29-27-40)46-36-38-22-24-39(37-47)25-23-38/h7-12,16,18,20,22-29,47H,13-15,30-37H2,1-6H3. The monoisotopic (exact) mass is 730 g/mol. The molecule has 0 saturated heterocycles. The topological polar surface area (TPSA) is 9.23 Å². The summed E-state index contributed by atoms with van der Waals surface area (Å²) >= 11 is 4.40. The second-order valence-corrected chi connectivity index (χ2v) is 31.3. The van der Waals surface area contributed by atoms with Gasteiger partial charge in [-0.05, 0) is 87.3 Å². The third kappa shape index (κ3) is 10.1. The summed E-state index contributed by atoms with van der Waals surface area (Å²) in [5.41, 5.74) is 14.8. The number of hydrogen-bond acceptors (Lipinski definition) is 2. The fourth-order valence-corrected chi connectivity index (χ4v) is 15.1. The van der Waals surface area contributed by atoms with Gasteiger partial charge in [0, 0.05) is 5.75 Å². The van der Waals surface area contributed by atoms with Gasteiger partial charge in [0.1, 0.15) is 12.4 Å². The van der Waals surface area contributed by atoms with Crippen molar-refractivity contribution in [3.8, 4) is 5.75 Å². The molecule has 3 aliphatic rings. The zero-order valence-electron chi connectivity index (χ0n) is 31.4. The molecule has 0 unspecified atom stereocenters. The van der Waals surface area contributed by atoms with Gasteiger partial charge in [0.2, 0.25) is 0 Å². The van der Waals surface area contributed by atoms with Crippen molar-refractivity contribution in [2.24, 2.45) is 0 Å². The molecule has 0 fully saturated rings. The van der Waals surface area contributed by atoms with Gasteiger partial charge in [-0.15, -0.1) is 17.2 Å². The van der Waals surface area contributed by atoms with Gasteiger partial charge in [-0.3, -0.25) is 0 Å². The van der Waals surface area contributed by atoms with Crippen LogP contribution in [0.15, 0.2) is 136 Å². The summed E-state index contributed by atoms with van der Waals surface area (Å²) in [6, 6.07) is 21.8. The minimum absolute atomic E-state index is 0.141. The van der Waals surface area contributed by atoms with E-state index in [-0.39, 0.29) is 5.41 Å². The van der Waals surface area contributed by atoms with Crippen LogP contribution in [-0.4, -0.2) is 24.2 Å². The molecule has 0 aromatic heterocycles. The Balaban J connectivity index is 1.39. The van der Waals surface area contributed by atoms with E-state index in [1.807, 2.05) is 0 Å². The third-order valence-electron chi connectivity index (χ3n) is 11.4. The predicted molar refractivity (Wildman–Crippen MR) is 228 cm³/mol. The van der Waals surface area contributed by atoms with Gasteiger partial charge in [-0.1, -0.05) is 150 Å². The predicted octanol–water partition coefficient (Wildman–Crippen LogP) is 13.0. The van der Waals surface area contributed by atoms with Crippen LogP contribution >= 0.6 is 12.6 Å². The van der Waals surface area contributed by atoms with Crippen LogP contribution in [-0.2, 0) is 17.8 Å². The molecule has 0 atom stereocenters. The zero-order chi connectivity index (χ0) is 35.7. The molecular weight excluding hydrogens is 673 g/mol. The lowest BCUT2D eigenvalue weighted by molar-refractivity contribution is 0.304. The molecule has 2 aromatic rings. The van der Waals surface area contributed by atoms with Gasteiger partial charge in [-0.2, -0.15) is 12.6 Å². The summed E-state index contributed by atoms with van der Waals surface area (Å²) < 4.78 is 6.32. The summed E-state index contributed by atoms with van der Waals surface area (Å²) in [5, 5.41) is 4.42. The number of hydrogen-bond donors (Lipinski definition) is 1. The molecule has 262 valence electrons. The summed E-state index contributed by atoms with van der Waals surface area (Å²) in [5.74, 6) is 1.70. The molecule has 50 heavy (non-hydrogen) atoms. The van der Waals surface area contributed by atoms with Crippen LogP contribution in [0, 0.1) is 0 Å². The fourth-order valence-electron chi connectivity index (χ4n) is 7.88. The SMILES string of the molecule is C[Si](C)(CCCC(CCC[Si](C)(C)C1=C=CC=C1)(CCC[Si](C)(C)C1=C=CC=C1)c1ccc(OCc2ccc(CS)cc2)cc1)C1=C=CC=C1. The maximum absolute atomic E-state index is 6.32. The van der Waals surface area contributed by atoms with E-state index < -0.39 is 24.2 Å². The first-order valence-corrected chi connectivity index (χ1v) is 29.0. The first-order chi connectivity index (χ1) is 23.9. The number of benzene rings is 2. The van der Waals surface area contributed by atoms with Crippen LogP contribution in [0.1, 0.15) is 55.2 Å². The Labute approximate surface area is 312 Å². The first-order valence-electron chi connectivity index (χ1n) is 18.8. The molecule has 5 rings (SSSR count). The van der Waals surface area contributed by atoms with Crippen LogP contribution in [0.2, 0.25) is 57.4 Å². The fraction of sp³-hybridized carbons (Fsp3) is 0.400. The smallest absolute Gasteiger partial charge is 0.119 e. The number of rotatable bonds is 20. The molecule has 0 radical (unpaired) electrons. The lowest BCUT2D eigenvalue weighted by Crippen LogP contribution is -2.33. The van der Waals surface area contributed by atoms with Crippen LogP contribution in [0.3, 0.4) is 0 Å². The minimum atomic E-state index is -1.56. The highest BCUT2D eigenvalue weighted by Crippen LogP contribution is 2.44. The second-order valence-electron chi connectivity index (χ2n) is 16.5. The highest BCUT2D eigenvalue weighted by atomic mass is 32.1. The van der Waals surface area contributed by atoms with Crippen molar-refractivity contribution in [1.29, 1.82) is 0 Å². The van der Waals surface area contributed by atoms with Gasteiger partial charge in [-0.25, -0.2) is 0 Å². The van der Waals surface area contributed by atoms with Crippen LogP contribution in [0.4, 0.5) is 0 Å². The maximum Gasteiger partial charge on any atom is 0.119 e. The molecule has 1 nitrogen and oxygen atoms in total. The molecule has 0 heterocycles. The lowest BCUT2D eigenvalue weighted by atomic mass is 9.70. The van der Waals surface area contributed by atoms with Crippen LogP contribution < -0.4 is 4.74 Å². The van der Waals surface area contributed by atoms with Crippen molar-refractivity contribution in [3.63, 3.8) is 0 Å². The summed E-state index contributed by atoms with van der Waals surface area (Å²) in [6.45, 7) is 15.8. The van der Waals surface area contributed by atoms with E-state index in [2.05, 4.69) is 172 Å². The Bertz CT molecular complexity index is 1640. The summed E-state index contributed by atoms with van der Waals surface area (Å²) in [6.07, 6.45) is 27.2. The Hall–Kier alpha value is -2.98. The van der Waals surface area contributed by atoms with Gasteiger partial charge < -0.3 is 4.74 Å². The zero-order valence-corrected chi connectivity index (χ0v) is 35.3. The molecule has 2 aromatic carbocycles. The number of thiol groups is 1. The van der Waals surface area contributed by atoms with Crippen molar-refractivity contribution >= 4 is 36.9 Å². The number of ether oxygens (including phenoxy) is 1. The van der Waals surface area contributed by atoms with Crippen molar-refractivity contribution < 1.29 is 4.74 Å². The Kier molecular flexibility index (Phi) is 13.0. The molecule has 0 spiro atoms. The van der Waals surface area contributed by atoms with Crippen molar-refractivity contribution in [2.45, 2.75) is 114 Å². The van der Waals surface area contributed by atoms with Crippen molar-refractivity contribution in [2.75, 3.05) is 0 Å². The average molecular weight is 731 g/mol. The van der Waals surface area contributed by atoms with Crippen molar-refractivity contribution in [3.05, 3.63) is 153 Å². The van der Waals surface area contributed by atoms with E-state index in [1.165, 1.54) is 88.9 Å². The third-order valence-corrected chi connectivity index (χ3v) is 21.9. The van der Waals surface area contributed by atoms with E-state index >= 15 is 0 Å². The van der Waals surface area contributed by atoms with Gasteiger partial charge in [0.25, 0.3) is 0 Å². The minimum Gasteiger partial charge on any atom is -0.489 e. The van der Waals surface area contributed by atoms with E-state index in [1.54, 1.807) is 0 Å². The molecule has 0 amide bonds. The molecule has 0 saturated carbocycles. The van der Waals surface area contributed by atoms with E-state index in [0.717, 1.165) is 11.5 Å². The maximum atomic E-state index is 6.32. The van der Waals surface area contributed by atoms with Gasteiger partial charge in [0.15, 0.2) is 0 Å². The summed E-state index contributed by atoms with van der Waals surface area (Å²) in [4.78, 5) is 0. The normalized spacial score (nSPS) is 15.3. The van der Waals surface area contributed by atoms with E-state index in [4.69, 9.17) is 4.74 Å². The molecule has 0 bridgehead atoms. The van der Waals surface area contributed by atoms with E-state index in [9.17, 15) is 0 Å². The average Bonchev–Trinajstić information content (AvgIpc) is 3.92. The molecule has 0 aliphatic heterocycles. The van der Waals surface area contributed by atoms with Gasteiger partial charge in [0.05, 0.1) is 24.2 Å². The highest BCUT2D eigenvalue weighted by Gasteiger charge is 2.36. The highest BCUT2D eigenvalue weighted by molar-refractivity contribution is 7.79. The molecular formula is C45H58OSSi3. The van der Waals surface area contributed by atoms with Crippen LogP contribution in [0.5, 0.6) is 5.75 Å². The Morgan fingerprint density at radius 2 is 0.960 bits per heavy atom. The van der Waals surface area contributed by atoms with Crippen molar-refractivity contribution in [1.82, 2.24) is 0 Å². The first kappa shape index (κ1) is 38.3. The Morgan fingerprint density at radius 1 is 0.560 bits per heavy atom. The largest absolute Gasteiger partial charge is 0.489 e. The van der Waals surface area contributed by atoms with Gasteiger partial charge >= 0.3 is 0 Å². The molecule has 3 aliphatic carbocycles. The second kappa shape index (κ2) is 17.0.